The molecule has 0 aliphatic carbocycles. The molecule has 2 heterocycles. The summed E-state index contributed by atoms with van der Waals surface area (Å²) in [4.78, 5) is 26.4. The standard InChI is InChI=1S/C21H20N4O2S/c1-3-11-24-18(15-8-6-7-14(2)12-15)22-23-21(24)28-13-25-19(26)16-9-4-5-10-17(16)20(25)27/h4-10,12H,3,11,13H2,1-2H3. The number of nitrogens with zero attached hydrogens (tertiary/aromatic N) is 4. The van der Waals surface area contributed by atoms with Crippen LogP contribution in [0, 0.1) is 6.92 Å². The van der Waals surface area contributed by atoms with E-state index < -0.39 is 0 Å². The highest BCUT2D eigenvalue weighted by atomic mass is 32.2. The highest BCUT2D eigenvalue weighted by molar-refractivity contribution is 7.99. The molecule has 0 radical (unpaired) electrons. The van der Waals surface area contributed by atoms with E-state index in [1.54, 1.807) is 24.3 Å². The van der Waals surface area contributed by atoms with Crippen LogP contribution < -0.4 is 0 Å². The molecular weight excluding hydrogens is 372 g/mol. The van der Waals surface area contributed by atoms with Gasteiger partial charge in [0.25, 0.3) is 11.8 Å². The predicted molar refractivity (Wildman–Crippen MR) is 108 cm³/mol. The Hall–Kier alpha value is -2.93. The van der Waals surface area contributed by atoms with Crippen molar-refractivity contribution in [2.24, 2.45) is 0 Å². The van der Waals surface area contributed by atoms with Crippen LogP contribution in [0.2, 0.25) is 0 Å². The van der Waals surface area contributed by atoms with Crippen molar-refractivity contribution in [3.05, 3.63) is 65.2 Å². The second kappa shape index (κ2) is 7.59. The number of rotatable bonds is 6. The van der Waals surface area contributed by atoms with Crippen molar-refractivity contribution < 1.29 is 9.59 Å². The second-order valence-corrected chi connectivity index (χ2v) is 7.60. The van der Waals surface area contributed by atoms with Gasteiger partial charge in [-0.25, -0.2) is 0 Å². The van der Waals surface area contributed by atoms with Gasteiger partial charge in [0.1, 0.15) is 0 Å². The molecule has 6 nitrogen and oxygen atoms in total. The monoisotopic (exact) mass is 392 g/mol. The fourth-order valence-corrected chi connectivity index (χ4v) is 4.21. The van der Waals surface area contributed by atoms with Gasteiger partial charge in [-0.3, -0.25) is 14.5 Å². The maximum Gasteiger partial charge on any atom is 0.262 e. The summed E-state index contributed by atoms with van der Waals surface area (Å²) in [5, 5.41) is 9.40. The van der Waals surface area contributed by atoms with Crippen molar-refractivity contribution in [3.8, 4) is 11.4 Å². The lowest BCUT2D eigenvalue weighted by Crippen LogP contribution is -2.29. The summed E-state index contributed by atoms with van der Waals surface area (Å²) in [6.45, 7) is 4.90. The van der Waals surface area contributed by atoms with Gasteiger partial charge in [0.2, 0.25) is 0 Å². The summed E-state index contributed by atoms with van der Waals surface area (Å²) < 4.78 is 2.05. The number of carbonyl (C=O) groups is 2. The van der Waals surface area contributed by atoms with Crippen LogP contribution in [0.15, 0.2) is 53.7 Å². The number of thioether (sulfide) groups is 1. The highest BCUT2D eigenvalue weighted by Crippen LogP contribution is 2.29. The minimum absolute atomic E-state index is 0.210. The Kier molecular flexibility index (Phi) is 5.00. The minimum Gasteiger partial charge on any atom is -0.302 e. The van der Waals surface area contributed by atoms with Gasteiger partial charge in [0.05, 0.1) is 17.0 Å². The molecule has 0 N–H and O–H groups in total. The zero-order valence-electron chi connectivity index (χ0n) is 15.8. The number of aryl methyl sites for hydroxylation is 1. The van der Waals surface area contributed by atoms with Crippen LogP contribution in [0.5, 0.6) is 0 Å². The fourth-order valence-electron chi connectivity index (χ4n) is 3.30. The minimum atomic E-state index is -0.256. The van der Waals surface area contributed by atoms with E-state index in [0.29, 0.717) is 16.3 Å². The number of aromatic nitrogens is 3. The Balaban J connectivity index is 1.58. The zero-order valence-corrected chi connectivity index (χ0v) is 16.6. The van der Waals surface area contributed by atoms with Gasteiger partial charge >= 0.3 is 0 Å². The first-order valence-corrected chi connectivity index (χ1v) is 10.2. The van der Waals surface area contributed by atoms with Crippen molar-refractivity contribution >= 4 is 23.6 Å². The molecule has 0 bridgehead atoms. The van der Waals surface area contributed by atoms with Gasteiger partial charge in [-0.05, 0) is 31.5 Å². The van der Waals surface area contributed by atoms with E-state index in [1.165, 1.54) is 16.7 Å². The second-order valence-electron chi connectivity index (χ2n) is 6.68. The Morgan fingerprint density at radius 1 is 0.964 bits per heavy atom. The van der Waals surface area contributed by atoms with Crippen LogP contribution in [-0.2, 0) is 6.54 Å². The zero-order chi connectivity index (χ0) is 19.7. The van der Waals surface area contributed by atoms with Gasteiger partial charge in [0.15, 0.2) is 11.0 Å². The summed E-state index contributed by atoms with van der Waals surface area (Å²) in [6.07, 6.45) is 0.928. The molecule has 142 valence electrons. The van der Waals surface area contributed by atoms with Gasteiger partial charge in [-0.1, -0.05) is 54.6 Å². The van der Waals surface area contributed by atoms with Crippen molar-refractivity contribution in [1.29, 1.82) is 0 Å². The first-order valence-electron chi connectivity index (χ1n) is 9.18. The summed E-state index contributed by atoms with van der Waals surface area (Å²) in [7, 11) is 0. The molecule has 0 spiro atoms. The third kappa shape index (κ3) is 3.22. The third-order valence-corrected chi connectivity index (χ3v) is 5.59. The number of hydrogen-bond acceptors (Lipinski definition) is 5. The topological polar surface area (TPSA) is 68.1 Å². The Morgan fingerprint density at radius 2 is 1.68 bits per heavy atom. The van der Waals surface area contributed by atoms with Crippen LogP contribution in [0.3, 0.4) is 0 Å². The van der Waals surface area contributed by atoms with E-state index >= 15 is 0 Å². The molecule has 28 heavy (non-hydrogen) atoms. The lowest BCUT2D eigenvalue weighted by Gasteiger charge is -2.14. The molecule has 2 aromatic carbocycles. The molecule has 0 saturated heterocycles. The molecular formula is C21H20N4O2S. The lowest BCUT2D eigenvalue weighted by atomic mass is 10.1. The van der Waals surface area contributed by atoms with E-state index in [1.807, 2.05) is 25.1 Å². The molecule has 4 rings (SSSR count). The maximum absolute atomic E-state index is 12.6. The van der Waals surface area contributed by atoms with Crippen LogP contribution in [0.1, 0.15) is 39.6 Å². The van der Waals surface area contributed by atoms with Crippen molar-refractivity contribution in [2.75, 3.05) is 5.88 Å². The van der Waals surface area contributed by atoms with Crippen LogP contribution in [0.4, 0.5) is 0 Å². The molecule has 0 unspecified atom stereocenters. The average molecular weight is 392 g/mol. The molecule has 3 aromatic rings. The number of benzene rings is 2. The van der Waals surface area contributed by atoms with E-state index in [4.69, 9.17) is 0 Å². The third-order valence-electron chi connectivity index (χ3n) is 4.64. The summed E-state index contributed by atoms with van der Waals surface area (Å²) in [5.41, 5.74) is 3.09. The number of carbonyl (C=O) groups excluding carboxylic acids is 2. The average Bonchev–Trinajstić information content (AvgIpc) is 3.20. The predicted octanol–water partition coefficient (Wildman–Crippen LogP) is 4.01. The molecule has 0 atom stereocenters. The van der Waals surface area contributed by atoms with Crippen LogP contribution >= 0.6 is 11.8 Å². The number of amides is 2. The molecule has 1 aromatic heterocycles. The van der Waals surface area contributed by atoms with Crippen LogP contribution in [0.25, 0.3) is 11.4 Å². The van der Waals surface area contributed by atoms with Gasteiger partial charge < -0.3 is 4.57 Å². The Labute approximate surface area is 167 Å². The van der Waals surface area contributed by atoms with E-state index in [9.17, 15) is 9.59 Å². The largest absolute Gasteiger partial charge is 0.302 e. The highest BCUT2D eigenvalue weighted by Gasteiger charge is 2.35. The summed E-state index contributed by atoms with van der Waals surface area (Å²) in [6, 6.07) is 15.1. The quantitative estimate of drug-likeness (QED) is 0.468. The number of imide groups is 1. The SMILES string of the molecule is CCCn1c(SCN2C(=O)c3ccccc3C2=O)nnc1-c1cccc(C)c1. The van der Waals surface area contributed by atoms with Gasteiger partial charge in [-0.15, -0.1) is 10.2 Å². The van der Waals surface area contributed by atoms with Crippen molar-refractivity contribution in [2.45, 2.75) is 32.0 Å². The molecule has 2 amide bonds. The molecule has 0 saturated carbocycles. The van der Waals surface area contributed by atoms with Crippen molar-refractivity contribution in [1.82, 2.24) is 19.7 Å². The Morgan fingerprint density at radius 3 is 2.32 bits per heavy atom. The Bertz CT molecular complexity index is 1030. The van der Waals surface area contributed by atoms with Gasteiger partial charge in [-0.2, -0.15) is 0 Å². The first kappa shape index (κ1) is 18.4. The van der Waals surface area contributed by atoms with Gasteiger partial charge in [0, 0.05) is 12.1 Å². The normalized spacial score (nSPS) is 13.3. The molecule has 1 aliphatic rings. The smallest absolute Gasteiger partial charge is 0.262 e. The first-order chi connectivity index (χ1) is 13.6. The number of fused-ring (bicyclic) bond motifs is 1. The molecule has 1 aliphatic heterocycles. The van der Waals surface area contributed by atoms with Crippen molar-refractivity contribution in [3.63, 3.8) is 0 Å². The van der Waals surface area contributed by atoms with E-state index in [-0.39, 0.29) is 17.7 Å². The maximum atomic E-state index is 12.6. The molecule has 7 heteroatoms. The molecule has 0 fully saturated rings. The lowest BCUT2D eigenvalue weighted by molar-refractivity contribution is 0.0684. The number of hydrogen-bond donors (Lipinski definition) is 0. The fraction of sp³-hybridized carbons (Fsp3) is 0.238. The van der Waals surface area contributed by atoms with E-state index in [2.05, 4.69) is 27.8 Å². The van der Waals surface area contributed by atoms with Crippen LogP contribution in [-0.4, -0.2) is 37.4 Å². The summed E-state index contributed by atoms with van der Waals surface area (Å²) in [5.74, 6) is 0.500. The summed E-state index contributed by atoms with van der Waals surface area (Å²) >= 11 is 1.36. The van der Waals surface area contributed by atoms with E-state index in [0.717, 1.165) is 29.9 Å².